The Balaban J connectivity index is 1.47. The van der Waals surface area contributed by atoms with Crippen LogP contribution in [0.3, 0.4) is 0 Å². The monoisotopic (exact) mass is 360 g/mol. The first-order valence-electron chi connectivity index (χ1n) is 8.15. The molecule has 0 aliphatic rings. The van der Waals surface area contributed by atoms with Gasteiger partial charge in [0.05, 0.1) is 0 Å². The van der Waals surface area contributed by atoms with Crippen LogP contribution in [0.2, 0.25) is 0 Å². The van der Waals surface area contributed by atoms with E-state index in [0.717, 1.165) is 32.6 Å². The summed E-state index contributed by atoms with van der Waals surface area (Å²) in [6.45, 7) is 2.02. The molecule has 0 radical (unpaired) electrons. The number of carbonyl (C=O) groups excluding carboxylic acids is 1. The fourth-order valence-corrected chi connectivity index (χ4v) is 3.55. The zero-order valence-corrected chi connectivity index (χ0v) is 14.9. The number of fused-ring (bicyclic) bond motifs is 1. The van der Waals surface area contributed by atoms with Gasteiger partial charge in [-0.25, -0.2) is 4.79 Å². The van der Waals surface area contributed by atoms with Crippen LogP contribution in [-0.2, 0) is 0 Å². The molecular formula is C20H16N4OS. The predicted octanol–water partition coefficient (Wildman–Crippen LogP) is 5.31. The lowest BCUT2D eigenvalue weighted by Crippen LogP contribution is -2.19. The Morgan fingerprint density at radius 3 is 2.50 bits per heavy atom. The molecular weight excluding hydrogens is 344 g/mol. The number of urea groups is 1. The highest BCUT2D eigenvalue weighted by molar-refractivity contribution is 7.18. The van der Waals surface area contributed by atoms with Crippen molar-refractivity contribution in [2.45, 2.75) is 6.92 Å². The zero-order chi connectivity index (χ0) is 17.9. The maximum absolute atomic E-state index is 12.2. The van der Waals surface area contributed by atoms with Gasteiger partial charge in [-0.05, 0) is 35.4 Å². The molecule has 0 aliphatic carbocycles. The molecule has 4 aromatic rings. The Bertz CT molecular complexity index is 1090. The molecule has 3 aromatic carbocycles. The lowest BCUT2D eigenvalue weighted by molar-refractivity contribution is 0.262. The van der Waals surface area contributed by atoms with E-state index in [0.29, 0.717) is 5.13 Å². The van der Waals surface area contributed by atoms with Crippen LogP contribution in [0.15, 0.2) is 66.7 Å². The second-order valence-corrected chi connectivity index (χ2v) is 6.85. The van der Waals surface area contributed by atoms with Gasteiger partial charge in [-0.1, -0.05) is 65.9 Å². The van der Waals surface area contributed by atoms with Gasteiger partial charge in [-0.3, -0.25) is 5.32 Å². The third kappa shape index (κ3) is 3.41. The van der Waals surface area contributed by atoms with E-state index < -0.39 is 0 Å². The maximum Gasteiger partial charge on any atom is 0.325 e. The average Bonchev–Trinajstić information content (AvgIpc) is 3.10. The predicted molar refractivity (Wildman–Crippen MR) is 107 cm³/mol. The van der Waals surface area contributed by atoms with Crippen molar-refractivity contribution in [1.82, 2.24) is 10.2 Å². The summed E-state index contributed by atoms with van der Waals surface area (Å²) in [6, 6.07) is 21.4. The van der Waals surface area contributed by atoms with Crippen LogP contribution in [0, 0.1) is 6.92 Å². The quantitative estimate of drug-likeness (QED) is 0.520. The van der Waals surface area contributed by atoms with Gasteiger partial charge in [-0.15, -0.1) is 10.2 Å². The van der Waals surface area contributed by atoms with Crippen molar-refractivity contribution in [3.05, 3.63) is 72.3 Å². The van der Waals surface area contributed by atoms with Crippen molar-refractivity contribution in [1.29, 1.82) is 0 Å². The first-order chi connectivity index (χ1) is 12.7. The minimum absolute atomic E-state index is 0.340. The third-order valence-corrected chi connectivity index (χ3v) is 4.90. The first kappa shape index (κ1) is 16.2. The molecule has 5 nitrogen and oxygen atoms in total. The van der Waals surface area contributed by atoms with Crippen molar-refractivity contribution in [2.24, 2.45) is 0 Å². The van der Waals surface area contributed by atoms with Gasteiger partial charge in [0.15, 0.2) is 0 Å². The van der Waals surface area contributed by atoms with Crippen LogP contribution in [-0.4, -0.2) is 16.2 Å². The van der Waals surface area contributed by atoms with Crippen molar-refractivity contribution < 1.29 is 4.79 Å². The molecule has 6 heteroatoms. The number of carbonyl (C=O) groups is 1. The zero-order valence-electron chi connectivity index (χ0n) is 14.1. The number of amides is 2. The summed E-state index contributed by atoms with van der Waals surface area (Å²) >= 11 is 1.35. The number of nitrogens with one attached hydrogen (secondary N) is 2. The lowest BCUT2D eigenvalue weighted by Gasteiger charge is -2.06. The molecule has 2 N–H and O–H groups in total. The molecule has 0 unspecified atom stereocenters. The number of nitrogens with zero attached hydrogens (tertiary/aromatic N) is 2. The normalized spacial score (nSPS) is 10.7. The van der Waals surface area contributed by atoms with Crippen LogP contribution < -0.4 is 10.6 Å². The van der Waals surface area contributed by atoms with Crippen molar-refractivity contribution in [3.63, 3.8) is 0 Å². The van der Waals surface area contributed by atoms with Gasteiger partial charge in [0.25, 0.3) is 0 Å². The van der Waals surface area contributed by atoms with Crippen LogP contribution in [0.25, 0.3) is 21.3 Å². The number of hydrogen-bond acceptors (Lipinski definition) is 4. The van der Waals surface area contributed by atoms with Crippen LogP contribution >= 0.6 is 11.3 Å². The van der Waals surface area contributed by atoms with Crippen molar-refractivity contribution in [2.75, 3.05) is 10.6 Å². The summed E-state index contributed by atoms with van der Waals surface area (Å²) in [5.41, 5.74) is 2.87. The number of aromatic nitrogens is 2. The summed E-state index contributed by atoms with van der Waals surface area (Å²) in [6.07, 6.45) is 0. The Morgan fingerprint density at radius 1 is 0.885 bits per heavy atom. The first-order valence-corrected chi connectivity index (χ1v) is 8.97. The van der Waals surface area contributed by atoms with Crippen molar-refractivity contribution >= 4 is 39.0 Å². The van der Waals surface area contributed by atoms with Gasteiger partial charge in [-0.2, -0.15) is 0 Å². The van der Waals surface area contributed by atoms with Crippen LogP contribution in [0.5, 0.6) is 0 Å². The van der Waals surface area contributed by atoms with E-state index in [4.69, 9.17) is 0 Å². The molecule has 0 bridgehead atoms. The van der Waals surface area contributed by atoms with E-state index in [1.54, 1.807) is 0 Å². The fourth-order valence-electron chi connectivity index (χ4n) is 2.72. The largest absolute Gasteiger partial charge is 0.325 e. The molecule has 0 spiro atoms. The Hall–Kier alpha value is -3.25. The standard InChI is InChI=1S/C20H16N4OS/c1-13-6-2-5-9-17(13)18-23-24-20(26-18)22-19(25)21-16-11-10-14-7-3-4-8-15(14)12-16/h2-12H,1H3,(H2,21,22,24,25). The topological polar surface area (TPSA) is 66.9 Å². The second kappa shape index (κ2) is 6.93. The number of hydrogen-bond donors (Lipinski definition) is 2. The Kier molecular flexibility index (Phi) is 4.33. The molecule has 2 amide bonds. The molecule has 4 rings (SSSR count). The van der Waals surface area contributed by atoms with E-state index >= 15 is 0 Å². The van der Waals surface area contributed by atoms with E-state index in [9.17, 15) is 4.79 Å². The van der Waals surface area contributed by atoms with E-state index in [1.165, 1.54) is 11.3 Å². The molecule has 1 heterocycles. The minimum Gasteiger partial charge on any atom is -0.308 e. The van der Waals surface area contributed by atoms with E-state index in [2.05, 4.69) is 20.8 Å². The Morgan fingerprint density at radius 2 is 1.65 bits per heavy atom. The highest BCUT2D eigenvalue weighted by atomic mass is 32.1. The van der Waals surface area contributed by atoms with Gasteiger partial charge >= 0.3 is 6.03 Å². The highest BCUT2D eigenvalue weighted by Gasteiger charge is 2.11. The van der Waals surface area contributed by atoms with Gasteiger partial charge in [0.2, 0.25) is 5.13 Å². The minimum atomic E-state index is -0.340. The number of rotatable bonds is 3. The summed E-state index contributed by atoms with van der Waals surface area (Å²) < 4.78 is 0. The summed E-state index contributed by atoms with van der Waals surface area (Å²) in [5.74, 6) is 0. The van der Waals surface area contributed by atoms with Gasteiger partial charge < -0.3 is 5.32 Å². The summed E-state index contributed by atoms with van der Waals surface area (Å²) in [4.78, 5) is 12.2. The number of aryl methyl sites for hydroxylation is 1. The summed E-state index contributed by atoms with van der Waals surface area (Å²) in [7, 11) is 0. The molecule has 0 saturated carbocycles. The van der Waals surface area contributed by atoms with Crippen molar-refractivity contribution in [3.8, 4) is 10.6 Å². The maximum atomic E-state index is 12.2. The molecule has 26 heavy (non-hydrogen) atoms. The van der Waals surface area contributed by atoms with Crippen LogP contribution in [0.4, 0.5) is 15.6 Å². The Labute approximate surface area is 154 Å². The molecule has 0 atom stereocenters. The molecule has 0 saturated heterocycles. The van der Waals surface area contributed by atoms with Gasteiger partial charge in [0.1, 0.15) is 5.01 Å². The second-order valence-electron chi connectivity index (χ2n) is 5.87. The molecule has 0 aliphatic heterocycles. The van der Waals surface area contributed by atoms with Gasteiger partial charge in [0, 0.05) is 11.3 Å². The van der Waals surface area contributed by atoms with E-state index in [-0.39, 0.29) is 6.03 Å². The molecule has 0 fully saturated rings. The van der Waals surface area contributed by atoms with E-state index in [1.807, 2.05) is 73.7 Å². The highest BCUT2D eigenvalue weighted by Crippen LogP contribution is 2.28. The number of anilines is 2. The van der Waals surface area contributed by atoms with Crippen LogP contribution in [0.1, 0.15) is 5.56 Å². The number of benzene rings is 3. The average molecular weight is 360 g/mol. The third-order valence-electron chi connectivity index (χ3n) is 4.03. The fraction of sp³-hybridized carbons (Fsp3) is 0.0500. The lowest BCUT2D eigenvalue weighted by atomic mass is 10.1. The molecule has 128 valence electrons. The summed E-state index contributed by atoms with van der Waals surface area (Å²) in [5, 5.41) is 17.3. The smallest absolute Gasteiger partial charge is 0.308 e. The molecule has 1 aromatic heterocycles. The SMILES string of the molecule is Cc1ccccc1-c1nnc(NC(=O)Nc2ccc3ccccc3c2)s1.